The van der Waals surface area contributed by atoms with Crippen LogP contribution in [0.4, 0.5) is 0 Å². The molecule has 1 heterocycles. The zero-order valence-electron chi connectivity index (χ0n) is 16.0. The fourth-order valence-electron chi connectivity index (χ4n) is 2.95. The maximum absolute atomic E-state index is 12.2. The molecule has 3 rings (SSSR count). The molecule has 0 spiro atoms. The van der Waals surface area contributed by atoms with E-state index in [9.17, 15) is 9.59 Å². The molecule has 1 aliphatic heterocycles. The largest absolute Gasteiger partial charge is 0.452 e. The van der Waals surface area contributed by atoms with Gasteiger partial charge in [-0.05, 0) is 60.1 Å². The van der Waals surface area contributed by atoms with Gasteiger partial charge < -0.3 is 10.1 Å². The molecule has 0 unspecified atom stereocenters. The van der Waals surface area contributed by atoms with Crippen molar-refractivity contribution in [3.8, 4) is 0 Å². The zero-order valence-corrected chi connectivity index (χ0v) is 17.6. The van der Waals surface area contributed by atoms with Crippen LogP contribution in [0.25, 0.3) is 0 Å². The first-order chi connectivity index (χ1) is 13.6. The van der Waals surface area contributed by atoms with Crippen LogP contribution in [0.2, 0.25) is 0 Å². The smallest absolute Gasteiger partial charge is 0.338 e. The minimum absolute atomic E-state index is 0.261. The van der Waals surface area contributed by atoms with Crippen LogP contribution in [0.1, 0.15) is 38.1 Å². The van der Waals surface area contributed by atoms with Crippen LogP contribution in [-0.2, 0) is 16.0 Å². The van der Waals surface area contributed by atoms with E-state index in [2.05, 4.69) is 24.4 Å². The number of thioether (sulfide) groups is 2. The molecule has 0 bridgehead atoms. The number of nitrogens with one attached hydrogen (secondary N) is 1. The molecular formula is C22H25NO3S2. The Morgan fingerprint density at radius 1 is 1.07 bits per heavy atom. The first kappa shape index (κ1) is 20.8. The van der Waals surface area contributed by atoms with Gasteiger partial charge in [-0.25, -0.2) is 4.79 Å². The van der Waals surface area contributed by atoms with Crippen LogP contribution in [0, 0.1) is 6.92 Å². The molecule has 0 aliphatic carbocycles. The molecule has 1 amide bonds. The van der Waals surface area contributed by atoms with Gasteiger partial charge >= 0.3 is 5.97 Å². The van der Waals surface area contributed by atoms with E-state index >= 15 is 0 Å². The highest BCUT2D eigenvalue weighted by molar-refractivity contribution is 8.16. The number of carbonyl (C=O) groups excluding carboxylic acids is 2. The molecule has 1 N–H and O–H groups in total. The molecule has 6 heteroatoms. The lowest BCUT2D eigenvalue weighted by Crippen LogP contribution is -2.30. The lowest BCUT2D eigenvalue weighted by Gasteiger charge is -2.21. The summed E-state index contributed by atoms with van der Waals surface area (Å²) in [6.45, 7) is 2.31. The van der Waals surface area contributed by atoms with Gasteiger partial charge in [0.1, 0.15) is 0 Å². The maximum atomic E-state index is 12.2. The topological polar surface area (TPSA) is 55.4 Å². The first-order valence-corrected chi connectivity index (χ1v) is 11.5. The first-order valence-electron chi connectivity index (χ1n) is 9.45. The SMILES string of the molecule is Cc1ccccc1CCNC(=O)COC(=O)c1ccc(C2SCCCS2)cc1. The number of ether oxygens (including phenoxy) is 1. The second kappa shape index (κ2) is 10.6. The van der Waals surface area contributed by atoms with Gasteiger partial charge in [-0.15, -0.1) is 23.5 Å². The van der Waals surface area contributed by atoms with E-state index in [1.807, 2.05) is 47.8 Å². The second-order valence-electron chi connectivity index (χ2n) is 6.65. The number of aryl methyl sites for hydroxylation is 1. The van der Waals surface area contributed by atoms with Crippen molar-refractivity contribution in [3.63, 3.8) is 0 Å². The molecule has 28 heavy (non-hydrogen) atoms. The number of amides is 1. The number of rotatable bonds is 7. The highest BCUT2D eigenvalue weighted by Gasteiger charge is 2.17. The Hall–Kier alpha value is -1.92. The fraction of sp³-hybridized carbons (Fsp3) is 0.364. The van der Waals surface area contributed by atoms with E-state index in [1.165, 1.54) is 34.6 Å². The fourth-order valence-corrected chi connectivity index (χ4v) is 5.84. The number of hydrogen-bond acceptors (Lipinski definition) is 5. The van der Waals surface area contributed by atoms with Gasteiger partial charge in [0, 0.05) is 6.54 Å². The second-order valence-corrected chi connectivity index (χ2v) is 9.38. The third-order valence-corrected chi connectivity index (χ3v) is 7.57. The van der Waals surface area contributed by atoms with E-state index in [0.29, 0.717) is 16.7 Å². The summed E-state index contributed by atoms with van der Waals surface area (Å²) in [5.74, 6) is 1.61. The molecule has 148 valence electrons. The highest BCUT2D eigenvalue weighted by Crippen LogP contribution is 2.43. The normalized spacial score (nSPS) is 14.5. The Balaban J connectivity index is 1.40. The van der Waals surface area contributed by atoms with Gasteiger partial charge in [-0.3, -0.25) is 4.79 Å². The van der Waals surface area contributed by atoms with Gasteiger partial charge in [0.25, 0.3) is 5.91 Å². The lowest BCUT2D eigenvalue weighted by molar-refractivity contribution is -0.124. The molecule has 1 saturated heterocycles. The standard InChI is InChI=1S/C22H25NO3S2/c1-16-5-2-3-6-17(16)11-12-23-20(24)15-26-21(25)18-7-9-19(10-8-18)22-27-13-4-14-28-22/h2-3,5-10,22H,4,11-15H2,1H3,(H,23,24). The summed E-state index contributed by atoms with van der Waals surface area (Å²) in [6, 6.07) is 15.6. The predicted octanol–water partition coefficient (Wildman–Crippen LogP) is 4.38. The molecule has 0 atom stereocenters. The summed E-state index contributed by atoms with van der Waals surface area (Å²) >= 11 is 3.89. The summed E-state index contributed by atoms with van der Waals surface area (Å²) in [4.78, 5) is 24.1. The molecule has 1 fully saturated rings. The molecule has 4 nitrogen and oxygen atoms in total. The van der Waals surface area contributed by atoms with Crippen LogP contribution in [0.15, 0.2) is 48.5 Å². The van der Waals surface area contributed by atoms with E-state index in [4.69, 9.17) is 4.74 Å². The van der Waals surface area contributed by atoms with Crippen molar-refractivity contribution in [2.75, 3.05) is 24.7 Å². The molecular weight excluding hydrogens is 390 g/mol. The van der Waals surface area contributed by atoms with Crippen molar-refractivity contribution in [2.24, 2.45) is 0 Å². The third kappa shape index (κ3) is 6.04. The van der Waals surface area contributed by atoms with Gasteiger partial charge in [0.05, 0.1) is 10.1 Å². The Bertz CT molecular complexity index is 802. The highest BCUT2D eigenvalue weighted by atomic mass is 32.2. The van der Waals surface area contributed by atoms with Crippen molar-refractivity contribution >= 4 is 35.4 Å². The third-order valence-electron chi connectivity index (χ3n) is 4.56. The zero-order chi connectivity index (χ0) is 19.8. The van der Waals surface area contributed by atoms with Crippen molar-refractivity contribution in [2.45, 2.75) is 24.3 Å². The van der Waals surface area contributed by atoms with Crippen molar-refractivity contribution in [1.82, 2.24) is 5.32 Å². The van der Waals surface area contributed by atoms with Crippen molar-refractivity contribution < 1.29 is 14.3 Å². The van der Waals surface area contributed by atoms with Gasteiger partial charge in [0.2, 0.25) is 0 Å². The quantitative estimate of drug-likeness (QED) is 0.680. The minimum Gasteiger partial charge on any atom is -0.452 e. The van der Waals surface area contributed by atoms with Crippen LogP contribution in [-0.4, -0.2) is 36.5 Å². The number of esters is 1. The Kier molecular flexibility index (Phi) is 7.86. The Morgan fingerprint density at radius 2 is 1.79 bits per heavy atom. The van der Waals surface area contributed by atoms with Gasteiger partial charge in [-0.2, -0.15) is 0 Å². The molecule has 0 radical (unpaired) electrons. The van der Waals surface area contributed by atoms with Crippen LogP contribution in [0.5, 0.6) is 0 Å². The summed E-state index contributed by atoms with van der Waals surface area (Å²) < 4.78 is 5.58. The Morgan fingerprint density at radius 3 is 2.50 bits per heavy atom. The van der Waals surface area contributed by atoms with Crippen LogP contribution < -0.4 is 5.32 Å². The molecule has 1 aliphatic rings. The summed E-state index contributed by atoms with van der Waals surface area (Å²) in [5.41, 5.74) is 4.10. The van der Waals surface area contributed by atoms with Gasteiger partial charge in [-0.1, -0.05) is 36.4 Å². The average molecular weight is 416 g/mol. The van der Waals surface area contributed by atoms with E-state index in [1.54, 1.807) is 12.1 Å². The Labute approximate surface area is 174 Å². The summed E-state index contributed by atoms with van der Waals surface area (Å²) in [5, 5.41) is 2.80. The van der Waals surface area contributed by atoms with E-state index in [-0.39, 0.29) is 12.5 Å². The van der Waals surface area contributed by atoms with Crippen molar-refractivity contribution in [3.05, 3.63) is 70.8 Å². The number of hydrogen-bond donors (Lipinski definition) is 1. The van der Waals surface area contributed by atoms with Crippen LogP contribution in [0.3, 0.4) is 0 Å². The predicted molar refractivity (Wildman–Crippen MR) is 117 cm³/mol. The van der Waals surface area contributed by atoms with E-state index in [0.717, 1.165) is 6.42 Å². The molecule has 2 aromatic rings. The average Bonchev–Trinajstić information content (AvgIpc) is 2.74. The number of benzene rings is 2. The van der Waals surface area contributed by atoms with Gasteiger partial charge in [0.15, 0.2) is 6.61 Å². The molecule has 0 aromatic heterocycles. The van der Waals surface area contributed by atoms with Crippen LogP contribution >= 0.6 is 23.5 Å². The van der Waals surface area contributed by atoms with E-state index < -0.39 is 5.97 Å². The lowest BCUT2D eigenvalue weighted by atomic mass is 10.1. The molecule has 0 saturated carbocycles. The number of carbonyl (C=O) groups is 2. The van der Waals surface area contributed by atoms with Crippen molar-refractivity contribution in [1.29, 1.82) is 0 Å². The maximum Gasteiger partial charge on any atom is 0.338 e. The minimum atomic E-state index is -0.468. The summed E-state index contributed by atoms with van der Waals surface area (Å²) in [7, 11) is 0. The molecule has 2 aromatic carbocycles. The monoisotopic (exact) mass is 415 g/mol. The summed E-state index contributed by atoms with van der Waals surface area (Å²) in [6.07, 6.45) is 2.01.